The fourth-order valence-corrected chi connectivity index (χ4v) is 2.09. The number of amides is 1. The van der Waals surface area contributed by atoms with E-state index in [-0.39, 0.29) is 15.9 Å². The van der Waals surface area contributed by atoms with Gasteiger partial charge in [0.2, 0.25) is 0 Å². The molecule has 0 aliphatic rings. The lowest BCUT2D eigenvalue weighted by molar-refractivity contribution is 0.102. The summed E-state index contributed by atoms with van der Waals surface area (Å²) in [5.41, 5.74) is -0.00468. The summed E-state index contributed by atoms with van der Waals surface area (Å²) in [5.74, 6) is -2.18. The molecule has 0 bridgehead atoms. The van der Waals surface area contributed by atoms with Crippen LogP contribution in [-0.2, 0) is 0 Å². The van der Waals surface area contributed by atoms with Crippen molar-refractivity contribution >= 4 is 43.5 Å². The number of halogens is 4. The Kier molecular flexibility index (Phi) is 4.26. The van der Waals surface area contributed by atoms with Crippen molar-refractivity contribution in [3.63, 3.8) is 0 Å². The van der Waals surface area contributed by atoms with Gasteiger partial charge in [0.25, 0.3) is 5.91 Å². The topological polar surface area (TPSA) is 42.0 Å². The van der Waals surface area contributed by atoms with Gasteiger partial charge >= 0.3 is 0 Å². The highest BCUT2D eigenvalue weighted by Gasteiger charge is 2.14. The summed E-state index contributed by atoms with van der Waals surface area (Å²) < 4.78 is 27.3. The zero-order valence-corrected chi connectivity index (χ0v) is 12.4. The molecule has 2 rings (SSSR count). The molecule has 7 heteroatoms. The minimum absolute atomic E-state index is 0.121. The highest BCUT2D eigenvalue weighted by atomic mass is 79.9. The standard InChI is InChI=1S/C12H6Br2F2N2O/c13-6-1-2-10(17-5-6)12(19)18-11-8(14)3-7(15)4-9(11)16/h1-5H,(H,18,19). The summed E-state index contributed by atoms with van der Waals surface area (Å²) in [6, 6.07) is 4.87. The Morgan fingerprint density at radius 3 is 2.53 bits per heavy atom. The molecule has 0 saturated carbocycles. The number of hydrogen-bond acceptors (Lipinski definition) is 2. The molecule has 2 aromatic rings. The minimum Gasteiger partial charge on any atom is -0.317 e. The molecule has 19 heavy (non-hydrogen) atoms. The third-order valence-electron chi connectivity index (χ3n) is 2.21. The van der Waals surface area contributed by atoms with E-state index < -0.39 is 17.5 Å². The third-order valence-corrected chi connectivity index (χ3v) is 3.30. The summed E-state index contributed by atoms with van der Waals surface area (Å²) in [6.07, 6.45) is 1.45. The second kappa shape index (κ2) is 5.75. The fourth-order valence-electron chi connectivity index (χ4n) is 1.35. The Morgan fingerprint density at radius 2 is 1.95 bits per heavy atom. The van der Waals surface area contributed by atoms with Gasteiger partial charge in [-0.25, -0.2) is 13.8 Å². The Balaban J connectivity index is 2.26. The highest BCUT2D eigenvalue weighted by molar-refractivity contribution is 9.10. The first-order valence-electron chi connectivity index (χ1n) is 5.05. The van der Waals surface area contributed by atoms with Crippen molar-refractivity contribution in [3.8, 4) is 0 Å². The molecular weight excluding hydrogens is 386 g/mol. The predicted molar refractivity (Wildman–Crippen MR) is 73.9 cm³/mol. The Morgan fingerprint density at radius 1 is 1.21 bits per heavy atom. The molecule has 1 aromatic carbocycles. The number of nitrogens with zero attached hydrogens (tertiary/aromatic N) is 1. The van der Waals surface area contributed by atoms with Crippen molar-refractivity contribution in [2.45, 2.75) is 0 Å². The number of rotatable bonds is 2. The molecule has 0 aliphatic heterocycles. The third kappa shape index (κ3) is 3.36. The second-order valence-electron chi connectivity index (χ2n) is 3.56. The van der Waals surface area contributed by atoms with E-state index >= 15 is 0 Å². The molecule has 0 radical (unpaired) electrons. The van der Waals surface area contributed by atoms with E-state index in [4.69, 9.17) is 0 Å². The molecule has 0 unspecified atom stereocenters. The number of benzene rings is 1. The normalized spacial score (nSPS) is 10.3. The molecule has 98 valence electrons. The number of aromatic nitrogens is 1. The first kappa shape index (κ1) is 14.1. The van der Waals surface area contributed by atoms with E-state index in [1.165, 1.54) is 12.3 Å². The van der Waals surface area contributed by atoms with Crippen LogP contribution in [0.25, 0.3) is 0 Å². The smallest absolute Gasteiger partial charge is 0.274 e. The van der Waals surface area contributed by atoms with E-state index in [1.54, 1.807) is 6.07 Å². The Bertz CT molecular complexity index is 609. The van der Waals surface area contributed by atoms with Crippen molar-refractivity contribution in [3.05, 3.63) is 56.7 Å². The van der Waals surface area contributed by atoms with Crippen LogP contribution in [0.3, 0.4) is 0 Å². The Labute approximate surface area is 124 Å². The van der Waals surface area contributed by atoms with Crippen LogP contribution in [0.15, 0.2) is 39.4 Å². The summed E-state index contributed by atoms with van der Waals surface area (Å²) in [6.45, 7) is 0. The zero-order valence-electron chi connectivity index (χ0n) is 9.25. The van der Waals surface area contributed by atoms with Crippen molar-refractivity contribution in [1.82, 2.24) is 4.98 Å². The molecule has 0 aliphatic carbocycles. The van der Waals surface area contributed by atoms with Crippen LogP contribution in [0, 0.1) is 11.6 Å². The highest BCUT2D eigenvalue weighted by Crippen LogP contribution is 2.27. The van der Waals surface area contributed by atoms with Crippen LogP contribution in [0.4, 0.5) is 14.5 Å². The molecule has 1 N–H and O–H groups in total. The zero-order chi connectivity index (χ0) is 14.0. The van der Waals surface area contributed by atoms with E-state index in [9.17, 15) is 13.6 Å². The average Bonchev–Trinajstić information content (AvgIpc) is 2.34. The molecule has 0 spiro atoms. The van der Waals surface area contributed by atoms with E-state index in [0.717, 1.165) is 10.5 Å². The van der Waals surface area contributed by atoms with Gasteiger partial charge < -0.3 is 5.32 Å². The van der Waals surface area contributed by atoms with Gasteiger partial charge in [0.15, 0.2) is 5.82 Å². The quantitative estimate of drug-likeness (QED) is 0.835. The van der Waals surface area contributed by atoms with Crippen LogP contribution in [0.1, 0.15) is 10.5 Å². The van der Waals surface area contributed by atoms with Crippen LogP contribution >= 0.6 is 31.9 Å². The summed E-state index contributed by atoms with van der Waals surface area (Å²) in [7, 11) is 0. The van der Waals surface area contributed by atoms with Crippen molar-refractivity contribution < 1.29 is 13.6 Å². The van der Waals surface area contributed by atoms with Gasteiger partial charge in [-0.05, 0) is 50.1 Å². The van der Waals surface area contributed by atoms with Gasteiger partial charge in [0, 0.05) is 21.2 Å². The van der Waals surface area contributed by atoms with E-state index in [0.29, 0.717) is 6.07 Å². The fraction of sp³-hybridized carbons (Fsp3) is 0. The molecule has 0 saturated heterocycles. The molecule has 1 aromatic heterocycles. The van der Waals surface area contributed by atoms with Gasteiger partial charge in [0.05, 0.1) is 5.69 Å². The molecular formula is C12H6Br2F2N2O. The summed E-state index contributed by atoms with van der Waals surface area (Å²) in [4.78, 5) is 15.7. The second-order valence-corrected chi connectivity index (χ2v) is 5.33. The monoisotopic (exact) mass is 390 g/mol. The SMILES string of the molecule is O=C(Nc1c(F)cc(F)cc1Br)c1ccc(Br)cn1. The molecule has 0 atom stereocenters. The van der Waals surface area contributed by atoms with Crippen LogP contribution in [-0.4, -0.2) is 10.9 Å². The predicted octanol–water partition coefficient (Wildman–Crippen LogP) is 4.14. The van der Waals surface area contributed by atoms with Crippen LogP contribution in [0.2, 0.25) is 0 Å². The van der Waals surface area contributed by atoms with Crippen LogP contribution in [0.5, 0.6) is 0 Å². The lowest BCUT2D eigenvalue weighted by atomic mass is 10.2. The largest absolute Gasteiger partial charge is 0.317 e. The maximum atomic E-state index is 13.5. The van der Waals surface area contributed by atoms with Gasteiger partial charge in [-0.2, -0.15) is 0 Å². The van der Waals surface area contributed by atoms with E-state index in [2.05, 4.69) is 42.2 Å². The first-order valence-corrected chi connectivity index (χ1v) is 6.63. The average molecular weight is 392 g/mol. The molecule has 1 amide bonds. The summed E-state index contributed by atoms with van der Waals surface area (Å²) >= 11 is 6.18. The maximum absolute atomic E-state index is 13.5. The number of pyridine rings is 1. The number of hydrogen-bond donors (Lipinski definition) is 1. The maximum Gasteiger partial charge on any atom is 0.274 e. The van der Waals surface area contributed by atoms with Gasteiger partial charge in [-0.1, -0.05) is 0 Å². The number of carbonyl (C=O) groups excluding carboxylic acids is 1. The Hall–Kier alpha value is -1.34. The van der Waals surface area contributed by atoms with Crippen LogP contribution < -0.4 is 5.32 Å². The van der Waals surface area contributed by atoms with Crippen molar-refractivity contribution in [1.29, 1.82) is 0 Å². The van der Waals surface area contributed by atoms with E-state index in [1.807, 2.05) is 0 Å². The van der Waals surface area contributed by atoms with Crippen molar-refractivity contribution in [2.24, 2.45) is 0 Å². The van der Waals surface area contributed by atoms with Gasteiger partial charge in [-0.3, -0.25) is 4.79 Å². The first-order chi connectivity index (χ1) is 8.97. The summed E-state index contributed by atoms with van der Waals surface area (Å²) in [5, 5.41) is 2.34. The van der Waals surface area contributed by atoms with Gasteiger partial charge in [-0.15, -0.1) is 0 Å². The van der Waals surface area contributed by atoms with Crippen molar-refractivity contribution in [2.75, 3.05) is 5.32 Å². The molecule has 1 heterocycles. The number of nitrogens with one attached hydrogen (secondary N) is 1. The number of anilines is 1. The molecule has 3 nitrogen and oxygen atoms in total. The van der Waals surface area contributed by atoms with Gasteiger partial charge in [0.1, 0.15) is 11.5 Å². The minimum atomic E-state index is -0.864. The lowest BCUT2D eigenvalue weighted by Gasteiger charge is -2.08. The molecule has 0 fully saturated rings. The lowest BCUT2D eigenvalue weighted by Crippen LogP contribution is -2.15. The number of carbonyl (C=O) groups is 1.